The second-order valence-corrected chi connectivity index (χ2v) is 8.12. The molecule has 0 aliphatic rings. The smallest absolute Gasteiger partial charge is 0.405 e. The van der Waals surface area contributed by atoms with Crippen LogP contribution in [-0.2, 0) is 11.8 Å². The molecule has 8 heteroatoms. The zero-order valence-electron chi connectivity index (χ0n) is 13.7. The van der Waals surface area contributed by atoms with E-state index >= 15 is 0 Å². The highest BCUT2D eigenvalue weighted by Crippen LogP contribution is 2.52. The lowest BCUT2D eigenvalue weighted by Gasteiger charge is -2.24. The average molecular weight is 387 g/mol. The van der Waals surface area contributed by atoms with E-state index in [-0.39, 0.29) is 0 Å². The van der Waals surface area contributed by atoms with E-state index in [1.165, 1.54) is 0 Å². The Hall–Kier alpha value is -2.89. The molecule has 0 atom stereocenters. The molecule has 3 aromatic rings. The van der Waals surface area contributed by atoms with Gasteiger partial charge in [0, 0.05) is 11.8 Å². The van der Waals surface area contributed by atoms with Gasteiger partial charge in [-0.25, -0.2) is 0 Å². The molecule has 0 bridgehead atoms. The third-order valence-corrected chi connectivity index (χ3v) is 5.32. The van der Waals surface area contributed by atoms with Crippen LogP contribution in [0, 0.1) is 0 Å². The normalized spacial score (nSPS) is 10.9. The first-order valence-electron chi connectivity index (χ1n) is 7.69. The zero-order chi connectivity index (χ0) is 18.6. The predicted octanol–water partition coefficient (Wildman–Crippen LogP) is 4.19. The van der Waals surface area contributed by atoms with Crippen LogP contribution in [0.5, 0.6) is 17.2 Å². The summed E-state index contributed by atoms with van der Waals surface area (Å²) in [5.74, 6) is 1.08. The van der Waals surface area contributed by atoms with E-state index in [4.69, 9.17) is 42.6 Å². The van der Waals surface area contributed by atoms with Crippen LogP contribution in [-0.4, -0.2) is 0 Å². The first kappa shape index (κ1) is 17.9. The Balaban J connectivity index is 1.97. The van der Waals surface area contributed by atoms with Crippen LogP contribution in [0.3, 0.4) is 0 Å². The van der Waals surface area contributed by atoms with E-state index in [0.717, 1.165) is 0 Å². The average Bonchev–Trinajstić information content (AvgIpc) is 2.61. The van der Waals surface area contributed by atoms with Crippen molar-refractivity contribution in [3.05, 3.63) is 72.8 Å². The van der Waals surface area contributed by atoms with E-state index in [0.29, 0.717) is 34.3 Å². The van der Waals surface area contributed by atoms with Crippen molar-refractivity contribution in [2.45, 2.75) is 0 Å². The summed E-state index contributed by atoms with van der Waals surface area (Å²) in [6.45, 7) is -3.37. The van der Waals surface area contributed by atoms with Crippen molar-refractivity contribution >= 4 is 35.6 Å². The molecular formula is C18H18N3O3PS. The van der Waals surface area contributed by atoms with Crippen molar-refractivity contribution < 1.29 is 13.6 Å². The Bertz CT molecular complexity index is 845. The van der Waals surface area contributed by atoms with Crippen LogP contribution in [0.25, 0.3) is 0 Å². The fourth-order valence-corrected chi connectivity index (χ4v) is 4.16. The lowest BCUT2D eigenvalue weighted by Crippen LogP contribution is -2.10. The molecule has 0 spiro atoms. The maximum atomic E-state index is 5.96. The molecule has 26 heavy (non-hydrogen) atoms. The third kappa shape index (κ3) is 4.20. The second-order valence-electron chi connectivity index (χ2n) is 5.33. The SMILES string of the molecule is Nc1ccccc1OP(=S)(Oc1ccccc1N)Oc1ccccc1N. The van der Waals surface area contributed by atoms with E-state index in [1.54, 1.807) is 72.8 Å². The molecule has 0 saturated carbocycles. The summed E-state index contributed by atoms with van der Waals surface area (Å²) in [6, 6.07) is 20.8. The summed E-state index contributed by atoms with van der Waals surface area (Å²) in [5, 5.41) is 0. The van der Waals surface area contributed by atoms with E-state index in [2.05, 4.69) is 0 Å². The Morgan fingerprint density at radius 1 is 0.538 bits per heavy atom. The Labute approximate surface area is 156 Å². The van der Waals surface area contributed by atoms with Crippen molar-refractivity contribution in [1.29, 1.82) is 0 Å². The molecule has 3 rings (SSSR count). The summed E-state index contributed by atoms with van der Waals surface area (Å²) in [5.41, 5.74) is 19.1. The highest BCUT2D eigenvalue weighted by atomic mass is 32.5. The summed E-state index contributed by atoms with van der Waals surface area (Å²) < 4.78 is 17.7. The van der Waals surface area contributed by atoms with Crippen LogP contribution in [0.15, 0.2) is 72.8 Å². The van der Waals surface area contributed by atoms with Crippen molar-refractivity contribution in [2.24, 2.45) is 0 Å². The largest absolute Gasteiger partial charge is 0.490 e. The molecular weight excluding hydrogens is 369 g/mol. The van der Waals surface area contributed by atoms with Crippen molar-refractivity contribution in [2.75, 3.05) is 17.2 Å². The molecule has 0 aliphatic carbocycles. The molecule has 6 N–H and O–H groups in total. The van der Waals surface area contributed by atoms with Gasteiger partial charge in [-0.2, -0.15) is 0 Å². The number of nitrogen functional groups attached to an aromatic ring is 3. The topological polar surface area (TPSA) is 106 Å². The highest BCUT2D eigenvalue weighted by Gasteiger charge is 2.29. The van der Waals surface area contributed by atoms with Gasteiger partial charge in [-0.1, -0.05) is 36.4 Å². The molecule has 0 fully saturated rings. The monoisotopic (exact) mass is 387 g/mol. The van der Waals surface area contributed by atoms with Crippen LogP contribution in [0.4, 0.5) is 17.1 Å². The van der Waals surface area contributed by atoms with E-state index in [1.807, 2.05) is 0 Å². The van der Waals surface area contributed by atoms with Gasteiger partial charge >= 0.3 is 6.72 Å². The van der Waals surface area contributed by atoms with Crippen LogP contribution >= 0.6 is 6.72 Å². The number of hydrogen-bond acceptors (Lipinski definition) is 7. The molecule has 134 valence electrons. The Morgan fingerprint density at radius 2 is 0.808 bits per heavy atom. The molecule has 6 nitrogen and oxygen atoms in total. The number of anilines is 3. The van der Waals surface area contributed by atoms with Gasteiger partial charge in [0.05, 0.1) is 17.1 Å². The van der Waals surface area contributed by atoms with Crippen molar-refractivity contribution in [3.63, 3.8) is 0 Å². The van der Waals surface area contributed by atoms with Gasteiger partial charge in [-0.05, 0) is 36.4 Å². The fourth-order valence-electron chi connectivity index (χ4n) is 2.11. The maximum absolute atomic E-state index is 5.96. The molecule has 0 saturated heterocycles. The zero-order valence-corrected chi connectivity index (χ0v) is 15.5. The van der Waals surface area contributed by atoms with Gasteiger partial charge in [0.15, 0.2) is 17.2 Å². The number of rotatable bonds is 6. The molecule has 0 heterocycles. The number of benzene rings is 3. The van der Waals surface area contributed by atoms with Crippen molar-refractivity contribution in [3.8, 4) is 17.2 Å². The fraction of sp³-hybridized carbons (Fsp3) is 0. The predicted molar refractivity (Wildman–Crippen MR) is 109 cm³/mol. The Morgan fingerprint density at radius 3 is 1.08 bits per heavy atom. The van der Waals surface area contributed by atoms with Gasteiger partial charge in [-0.15, -0.1) is 0 Å². The minimum absolute atomic E-state index is 0.361. The van der Waals surface area contributed by atoms with E-state index in [9.17, 15) is 0 Å². The van der Waals surface area contributed by atoms with Gasteiger partial charge in [0.2, 0.25) is 0 Å². The van der Waals surface area contributed by atoms with Gasteiger partial charge < -0.3 is 30.8 Å². The minimum atomic E-state index is -3.37. The molecule has 0 amide bonds. The van der Waals surface area contributed by atoms with Gasteiger partial charge in [0.1, 0.15) is 0 Å². The highest BCUT2D eigenvalue weighted by molar-refractivity contribution is 8.08. The quantitative estimate of drug-likeness (QED) is 0.430. The lowest BCUT2D eigenvalue weighted by atomic mass is 10.3. The number of nitrogens with two attached hydrogens (primary N) is 3. The molecule has 0 aromatic heterocycles. The third-order valence-electron chi connectivity index (χ3n) is 3.39. The molecule has 0 unspecified atom stereocenters. The van der Waals surface area contributed by atoms with E-state index < -0.39 is 6.72 Å². The number of para-hydroxylation sites is 6. The molecule has 0 aliphatic heterocycles. The summed E-state index contributed by atoms with van der Waals surface area (Å²) in [7, 11) is 0. The van der Waals surface area contributed by atoms with Crippen LogP contribution in [0.2, 0.25) is 0 Å². The lowest BCUT2D eigenvalue weighted by molar-refractivity contribution is 0.386. The van der Waals surface area contributed by atoms with Gasteiger partial charge in [0.25, 0.3) is 0 Å². The van der Waals surface area contributed by atoms with Crippen LogP contribution < -0.4 is 30.8 Å². The summed E-state index contributed by atoms with van der Waals surface area (Å²) >= 11 is 5.60. The molecule has 3 aromatic carbocycles. The standard InChI is InChI=1S/C18H18N3O3PS/c19-13-7-1-4-10-16(13)22-25(26,23-17-11-5-2-8-14(17)20)24-18-12-6-3-9-15(18)21/h1-12H,19-21H2. The Kier molecular flexibility index (Phi) is 5.21. The minimum Gasteiger partial charge on any atom is -0.405 e. The summed E-state index contributed by atoms with van der Waals surface area (Å²) in [6.07, 6.45) is 0. The van der Waals surface area contributed by atoms with Crippen molar-refractivity contribution in [1.82, 2.24) is 0 Å². The maximum Gasteiger partial charge on any atom is 0.490 e. The molecule has 0 radical (unpaired) electrons. The summed E-state index contributed by atoms with van der Waals surface area (Å²) in [4.78, 5) is 0. The first-order chi connectivity index (χ1) is 12.5. The second kappa shape index (κ2) is 7.56. The number of hydrogen-bond donors (Lipinski definition) is 3. The van der Waals surface area contributed by atoms with Gasteiger partial charge in [-0.3, -0.25) is 0 Å². The van der Waals surface area contributed by atoms with Crippen LogP contribution in [0.1, 0.15) is 0 Å². The first-order valence-corrected chi connectivity index (χ1v) is 10.2.